The van der Waals surface area contributed by atoms with Crippen LogP contribution in [0.4, 0.5) is 0 Å². The van der Waals surface area contributed by atoms with Crippen LogP contribution in [0, 0.1) is 0 Å². The maximum Gasteiger partial charge on any atom is 0.328 e. The number of H-pyrrole nitrogens is 2. The number of hydrogen-bond donors (Lipinski definition) is 4. The molecule has 0 unspecified atom stereocenters. The fourth-order valence-corrected chi connectivity index (χ4v) is 2.33. The zero-order valence-corrected chi connectivity index (χ0v) is 10.4. The Morgan fingerprint density at radius 1 is 1.15 bits per heavy atom. The topological polar surface area (TPSA) is 115 Å². The van der Waals surface area contributed by atoms with Crippen molar-refractivity contribution in [2.75, 3.05) is 0 Å². The van der Waals surface area contributed by atoms with Gasteiger partial charge >= 0.3 is 5.69 Å². The summed E-state index contributed by atoms with van der Waals surface area (Å²) in [4.78, 5) is 27.6. The van der Waals surface area contributed by atoms with Gasteiger partial charge in [-0.2, -0.15) is 0 Å². The second kappa shape index (κ2) is 4.62. The van der Waals surface area contributed by atoms with Crippen LogP contribution in [0.5, 0.6) is 11.6 Å². The summed E-state index contributed by atoms with van der Waals surface area (Å²) in [6.45, 7) is -0.436. The van der Waals surface area contributed by atoms with Crippen LogP contribution in [0.15, 0.2) is 21.7 Å². The molecule has 0 atom stereocenters. The first-order chi connectivity index (χ1) is 9.62. The van der Waals surface area contributed by atoms with Crippen LogP contribution in [0.25, 0.3) is 0 Å². The number of nitrogens with one attached hydrogen (secondary N) is 2. The number of hydrogen-bond acceptors (Lipinski definition) is 5. The number of fused-ring (bicyclic) bond motifs is 2. The van der Waals surface area contributed by atoms with Gasteiger partial charge in [-0.15, -0.1) is 0 Å². The van der Waals surface area contributed by atoms with Crippen molar-refractivity contribution in [3.63, 3.8) is 0 Å². The second-order valence-electron chi connectivity index (χ2n) is 4.55. The molecule has 20 heavy (non-hydrogen) atoms. The van der Waals surface area contributed by atoms with Crippen molar-refractivity contribution in [3.8, 4) is 11.6 Å². The summed E-state index contributed by atoms with van der Waals surface area (Å²) >= 11 is 0. The van der Waals surface area contributed by atoms with Gasteiger partial charge in [0.2, 0.25) is 5.88 Å². The van der Waals surface area contributed by atoms with Gasteiger partial charge in [0.1, 0.15) is 5.75 Å². The third-order valence-electron chi connectivity index (χ3n) is 3.23. The smallest absolute Gasteiger partial charge is 0.328 e. The van der Waals surface area contributed by atoms with Crippen molar-refractivity contribution in [3.05, 3.63) is 55.2 Å². The van der Waals surface area contributed by atoms with E-state index in [1.165, 1.54) is 0 Å². The van der Waals surface area contributed by atoms with E-state index in [2.05, 4.69) is 9.97 Å². The second-order valence-corrected chi connectivity index (χ2v) is 4.55. The van der Waals surface area contributed by atoms with Gasteiger partial charge in [0.15, 0.2) is 0 Å². The lowest BCUT2D eigenvalue weighted by Crippen LogP contribution is -2.28. The van der Waals surface area contributed by atoms with Crippen LogP contribution in [-0.4, -0.2) is 20.2 Å². The van der Waals surface area contributed by atoms with Crippen LogP contribution in [-0.2, 0) is 19.6 Å². The lowest BCUT2D eigenvalue weighted by Gasteiger charge is -2.21. The minimum absolute atomic E-state index is 0.0951. The fraction of sp³-hybridized carbons (Fsp3) is 0.231. The van der Waals surface area contributed by atoms with E-state index in [-0.39, 0.29) is 25.5 Å². The normalized spacial score (nSPS) is 12.5. The highest BCUT2D eigenvalue weighted by molar-refractivity contribution is 5.52. The molecule has 4 N–H and O–H groups in total. The number of ether oxygens (including phenoxy) is 1. The molecule has 0 saturated heterocycles. The number of aliphatic hydroxyl groups is 2. The monoisotopic (exact) mass is 276 g/mol. The molecule has 1 aromatic carbocycles. The summed E-state index contributed by atoms with van der Waals surface area (Å²) in [6, 6.07) is 3.33. The lowest BCUT2D eigenvalue weighted by molar-refractivity contribution is 0.270. The van der Waals surface area contributed by atoms with Crippen LogP contribution in [0.2, 0.25) is 0 Å². The Kier molecular flexibility index (Phi) is 2.92. The molecular weight excluding hydrogens is 264 g/mol. The molecule has 0 spiro atoms. The molecule has 2 aromatic rings. The minimum atomic E-state index is -0.644. The van der Waals surface area contributed by atoms with Gasteiger partial charge < -0.3 is 14.9 Å². The Morgan fingerprint density at radius 2 is 1.95 bits per heavy atom. The average Bonchev–Trinajstić information content (AvgIpc) is 2.44. The molecule has 0 amide bonds. The Labute approximate surface area is 112 Å². The van der Waals surface area contributed by atoms with Gasteiger partial charge in [-0.25, -0.2) is 4.79 Å². The van der Waals surface area contributed by atoms with E-state index in [0.29, 0.717) is 28.0 Å². The summed E-state index contributed by atoms with van der Waals surface area (Å²) in [7, 11) is 0. The number of aromatic nitrogens is 2. The Morgan fingerprint density at radius 3 is 2.65 bits per heavy atom. The van der Waals surface area contributed by atoms with E-state index in [9.17, 15) is 19.8 Å². The Bertz CT molecular complexity index is 790. The highest BCUT2D eigenvalue weighted by atomic mass is 16.5. The van der Waals surface area contributed by atoms with E-state index in [4.69, 9.17) is 4.74 Å². The fourth-order valence-electron chi connectivity index (χ4n) is 2.33. The molecule has 7 heteroatoms. The van der Waals surface area contributed by atoms with Crippen molar-refractivity contribution in [1.82, 2.24) is 9.97 Å². The van der Waals surface area contributed by atoms with Crippen LogP contribution in [0.1, 0.15) is 22.3 Å². The molecule has 7 nitrogen and oxygen atoms in total. The maximum absolute atomic E-state index is 11.7. The van der Waals surface area contributed by atoms with E-state index < -0.39 is 11.2 Å². The predicted molar refractivity (Wildman–Crippen MR) is 68.9 cm³/mol. The largest absolute Gasteiger partial charge is 0.440 e. The number of aromatic amines is 2. The molecule has 1 aliphatic heterocycles. The summed E-state index contributed by atoms with van der Waals surface area (Å²) in [5.41, 5.74) is 0.977. The molecule has 0 aliphatic carbocycles. The Balaban J connectivity index is 2.19. The molecule has 0 saturated carbocycles. The number of benzene rings is 1. The first kappa shape index (κ1) is 12.6. The molecule has 3 rings (SSSR count). The first-order valence-electron chi connectivity index (χ1n) is 6.02. The van der Waals surface area contributed by atoms with Gasteiger partial charge in [-0.1, -0.05) is 0 Å². The van der Waals surface area contributed by atoms with E-state index >= 15 is 0 Å². The molecule has 1 aromatic heterocycles. The van der Waals surface area contributed by atoms with Gasteiger partial charge in [-0.3, -0.25) is 14.8 Å². The number of rotatable bonds is 2. The zero-order valence-electron chi connectivity index (χ0n) is 10.4. The van der Waals surface area contributed by atoms with Crippen molar-refractivity contribution < 1.29 is 14.9 Å². The zero-order chi connectivity index (χ0) is 14.3. The van der Waals surface area contributed by atoms with Crippen LogP contribution < -0.4 is 16.0 Å². The Hall–Kier alpha value is -2.38. The van der Waals surface area contributed by atoms with Crippen LogP contribution in [0.3, 0.4) is 0 Å². The summed E-state index contributed by atoms with van der Waals surface area (Å²) in [5, 5.41) is 18.6. The van der Waals surface area contributed by atoms with Gasteiger partial charge in [0.25, 0.3) is 5.56 Å². The lowest BCUT2D eigenvalue weighted by atomic mass is 9.97. The SMILES string of the molecule is O=c1[nH]c2c(c(=O)[nH]1)Cc1cc(CO)cc(CO)c1O2. The highest BCUT2D eigenvalue weighted by Crippen LogP contribution is 2.36. The van der Waals surface area contributed by atoms with Crippen molar-refractivity contribution in [2.45, 2.75) is 19.6 Å². The molecule has 1 aliphatic rings. The van der Waals surface area contributed by atoms with Crippen molar-refractivity contribution >= 4 is 0 Å². The molecule has 2 heterocycles. The third-order valence-corrected chi connectivity index (χ3v) is 3.23. The molecule has 104 valence electrons. The first-order valence-corrected chi connectivity index (χ1v) is 6.02. The molecule has 0 radical (unpaired) electrons. The molecule has 0 bridgehead atoms. The van der Waals surface area contributed by atoms with E-state index in [0.717, 1.165) is 0 Å². The maximum atomic E-state index is 11.7. The summed E-state index contributed by atoms with van der Waals surface area (Å²) in [6.07, 6.45) is 0.262. The predicted octanol–water partition coefficient (Wildman–Crippen LogP) is -0.256. The van der Waals surface area contributed by atoms with Gasteiger partial charge in [-0.05, 0) is 17.7 Å². The van der Waals surface area contributed by atoms with Gasteiger partial charge in [0.05, 0.1) is 18.8 Å². The summed E-state index contributed by atoms with van der Waals surface area (Å²) < 4.78 is 5.54. The average molecular weight is 276 g/mol. The van der Waals surface area contributed by atoms with E-state index in [1.807, 2.05) is 0 Å². The standard InChI is InChI=1S/C13H12N2O5/c16-4-6-1-7-3-9-11(18)14-13(19)15-12(9)20-10(7)8(2-6)5-17/h1-2,16-17H,3-5H2,(H2,14,15,18,19). The highest BCUT2D eigenvalue weighted by Gasteiger charge is 2.23. The van der Waals surface area contributed by atoms with Crippen LogP contribution >= 0.6 is 0 Å². The minimum Gasteiger partial charge on any atom is -0.440 e. The van der Waals surface area contributed by atoms with Crippen molar-refractivity contribution in [1.29, 1.82) is 0 Å². The number of aliphatic hydroxyl groups excluding tert-OH is 2. The summed E-state index contributed by atoms with van der Waals surface area (Å²) in [5.74, 6) is 0.510. The third kappa shape index (κ3) is 1.93. The quantitative estimate of drug-likeness (QED) is 0.515. The van der Waals surface area contributed by atoms with Gasteiger partial charge in [0, 0.05) is 17.5 Å². The van der Waals surface area contributed by atoms with Crippen molar-refractivity contribution in [2.24, 2.45) is 0 Å². The molecular formula is C13H12N2O5. The molecule has 0 fully saturated rings. The van der Waals surface area contributed by atoms with E-state index in [1.54, 1.807) is 12.1 Å².